The molecule has 1 saturated heterocycles. The third kappa shape index (κ3) is 4.13. The van der Waals surface area contributed by atoms with Gasteiger partial charge < -0.3 is 10.2 Å². The van der Waals surface area contributed by atoms with Gasteiger partial charge in [-0.05, 0) is 31.0 Å². The third-order valence-corrected chi connectivity index (χ3v) is 4.85. The van der Waals surface area contributed by atoms with Gasteiger partial charge in [0.15, 0.2) is 0 Å². The van der Waals surface area contributed by atoms with E-state index in [4.69, 9.17) is 4.98 Å². The van der Waals surface area contributed by atoms with E-state index in [0.717, 1.165) is 25.3 Å². The summed E-state index contributed by atoms with van der Waals surface area (Å²) in [5.41, 5.74) is 2.56. The van der Waals surface area contributed by atoms with E-state index in [1.165, 1.54) is 22.8 Å². The Morgan fingerprint density at radius 3 is 2.90 bits per heavy atom. The van der Waals surface area contributed by atoms with Crippen molar-refractivity contribution in [2.75, 3.05) is 23.0 Å². The molecule has 0 aliphatic carbocycles. The van der Waals surface area contributed by atoms with Gasteiger partial charge in [0.25, 0.3) is 0 Å². The number of anilines is 1. The second-order valence-corrected chi connectivity index (χ2v) is 6.98. The maximum Gasteiger partial charge on any atom is 0.129 e. The van der Waals surface area contributed by atoms with Crippen molar-refractivity contribution in [2.45, 2.75) is 52.7 Å². The number of aryl methyl sites for hydroxylation is 1. The van der Waals surface area contributed by atoms with E-state index in [9.17, 15) is 0 Å². The fourth-order valence-corrected chi connectivity index (χ4v) is 3.47. The van der Waals surface area contributed by atoms with Crippen molar-refractivity contribution >= 4 is 17.6 Å². The van der Waals surface area contributed by atoms with Gasteiger partial charge >= 0.3 is 0 Å². The Hall–Kier alpha value is -0.740. The summed E-state index contributed by atoms with van der Waals surface area (Å²) in [5, 5.41) is 3.50. The van der Waals surface area contributed by atoms with Crippen LogP contribution in [0.25, 0.3) is 0 Å². The summed E-state index contributed by atoms with van der Waals surface area (Å²) in [5.74, 6) is 3.58. The van der Waals surface area contributed by atoms with Gasteiger partial charge in [-0.1, -0.05) is 20.8 Å². The number of aromatic nitrogens is 1. The number of hydrogen-bond donors (Lipinski definition) is 1. The molecule has 20 heavy (non-hydrogen) atoms. The van der Waals surface area contributed by atoms with E-state index in [1.807, 2.05) is 11.8 Å². The lowest BCUT2D eigenvalue weighted by Crippen LogP contribution is -2.41. The van der Waals surface area contributed by atoms with Crippen molar-refractivity contribution in [3.05, 3.63) is 23.4 Å². The summed E-state index contributed by atoms with van der Waals surface area (Å²) in [6.45, 7) is 10.9. The molecule has 0 aromatic carbocycles. The van der Waals surface area contributed by atoms with E-state index < -0.39 is 0 Å². The fourth-order valence-electron chi connectivity index (χ4n) is 2.45. The van der Waals surface area contributed by atoms with Crippen LogP contribution < -0.4 is 10.2 Å². The first-order chi connectivity index (χ1) is 9.60. The molecular formula is C16H27N3S. The normalized spacial score (nSPS) is 19.6. The number of hydrogen-bond acceptors (Lipinski definition) is 4. The molecule has 0 radical (unpaired) electrons. The van der Waals surface area contributed by atoms with Gasteiger partial charge in [-0.15, -0.1) is 0 Å². The van der Waals surface area contributed by atoms with Gasteiger partial charge in [0.05, 0.1) is 0 Å². The average Bonchev–Trinajstić information content (AvgIpc) is 2.45. The highest BCUT2D eigenvalue weighted by Crippen LogP contribution is 2.24. The van der Waals surface area contributed by atoms with Crippen LogP contribution in [0.15, 0.2) is 12.1 Å². The van der Waals surface area contributed by atoms with E-state index in [-0.39, 0.29) is 0 Å². The van der Waals surface area contributed by atoms with E-state index >= 15 is 0 Å². The van der Waals surface area contributed by atoms with Crippen molar-refractivity contribution in [2.24, 2.45) is 0 Å². The first-order valence-corrected chi connectivity index (χ1v) is 8.83. The predicted molar refractivity (Wildman–Crippen MR) is 89.7 cm³/mol. The molecule has 1 N–H and O–H groups in total. The van der Waals surface area contributed by atoms with Crippen LogP contribution in [0.5, 0.6) is 0 Å². The summed E-state index contributed by atoms with van der Waals surface area (Å²) in [7, 11) is 0. The molecule has 1 aliphatic heterocycles. The van der Waals surface area contributed by atoms with Crippen LogP contribution in [0, 0.1) is 0 Å². The Kier molecular flexibility index (Phi) is 5.73. The molecule has 4 heteroatoms. The zero-order valence-corrected chi connectivity index (χ0v) is 14.0. The predicted octanol–water partition coefficient (Wildman–Crippen LogP) is 3.08. The SMILES string of the molecule is CCc1cc(CNC(C)C)cc(N2CCSCC2C)n1. The van der Waals surface area contributed by atoms with Gasteiger partial charge in [0.2, 0.25) is 0 Å². The number of nitrogens with one attached hydrogen (secondary N) is 1. The Balaban J connectivity index is 2.20. The van der Waals surface area contributed by atoms with Gasteiger partial charge in [-0.25, -0.2) is 4.98 Å². The summed E-state index contributed by atoms with van der Waals surface area (Å²) in [6, 6.07) is 5.60. The lowest BCUT2D eigenvalue weighted by molar-refractivity contribution is 0.587. The summed E-state index contributed by atoms with van der Waals surface area (Å²) >= 11 is 2.05. The molecule has 1 aromatic rings. The quantitative estimate of drug-likeness (QED) is 0.903. The van der Waals surface area contributed by atoms with Crippen molar-refractivity contribution in [3.8, 4) is 0 Å². The smallest absolute Gasteiger partial charge is 0.129 e. The number of thioether (sulfide) groups is 1. The van der Waals surface area contributed by atoms with Crippen LogP contribution in [0.4, 0.5) is 5.82 Å². The van der Waals surface area contributed by atoms with Crippen LogP contribution in [0.1, 0.15) is 39.0 Å². The lowest BCUT2D eigenvalue weighted by atomic mass is 10.1. The third-order valence-electron chi connectivity index (χ3n) is 3.66. The highest BCUT2D eigenvalue weighted by Gasteiger charge is 2.20. The minimum atomic E-state index is 0.516. The van der Waals surface area contributed by atoms with Crippen LogP contribution in [-0.4, -0.2) is 35.1 Å². The molecule has 112 valence electrons. The van der Waals surface area contributed by atoms with E-state index in [1.54, 1.807) is 0 Å². The largest absolute Gasteiger partial charge is 0.352 e. The topological polar surface area (TPSA) is 28.2 Å². The maximum absolute atomic E-state index is 4.84. The number of pyridine rings is 1. The summed E-state index contributed by atoms with van der Waals surface area (Å²) in [6.07, 6.45) is 0.999. The first-order valence-electron chi connectivity index (χ1n) is 7.67. The average molecular weight is 293 g/mol. The lowest BCUT2D eigenvalue weighted by Gasteiger charge is -2.34. The van der Waals surface area contributed by atoms with Crippen LogP contribution in [0.3, 0.4) is 0 Å². The van der Waals surface area contributed by atoms with Crippen molar-refractivity contribution < 1.29 is 0 Å². The second kappa shape index (κ2) is 7.32. The van der Waals surface area contributed by atoms with Crippen LogP contribution in [-0.2, 0) is 13.0 Å². The Labute approximate surface area is 127 Å². The molecule has 1 fully saturated rings. The minimum absolute atomic E-state index is 0.516. The summed E-state index contributed by atoms with van der Waals surface area (Å²) in [4.78, 5) is 7.31. The molecule has 0 amide bonds. The second-order valence-electron chi connectivity index (χ2n) is 5.83. The molecule has 1 aromatic heterocycles. The molecule has 0 spiro atoms. The minimum Gasteiger partial charge on any atom is -0.352 e. The van der Waals surface area contributed by atoms with Gasteiger partial charge in [-0.3, -0.25) is 0 Å². The van der Waals surface area contributed by atoms with Crippen molar-refractivity contribution in [1.82, 2.24) is 10.3 Å². The fraction of sp³-hybridized carbons (Fsp3) is 0.688. The van der Waals surface area contributed by atoms with Crippen LogP contribution >= 0.6 is 11.8 Å². The van der Waals surface area contributed by atoms with Gasteiger partial charge in [-0.2, -0.15) is 11.8 Å². The van der Waals surface area contributed by atoms with Crippen molar-refractivity contribution in [1.29, 1.82) is 0 Å². The molecule has 2 rings (SSSR count). The maximum atomic E-state index is 4.84. The van der Waals surface area contributed by atoms with E-state index in [2.05, 4.69) is 50.0 Å². The monoisotopic (exact) mass is 293 g/mol. The zero-order valence-electron chi connectivity index (χ0n) is 13.1. The van der Waals surface area contributed by atoms with Crippen LogP contribution in [0.2, 0.25) is 0 Å². The van der Waals surface area contributed by atoms with Gasteiger partial charge in [0.1, 0.15) is 5.82 Å². The summed E-state index contributed by atoms with van der Waals surface area (Å²) < 4.78 is 0. The molecule has 1 aliphatic rings. The highest BCUT2D eigenvalue weighted by atomic mass is 32.2. The Morgan fingerprint density at radius 1 is 1.45 bits per heavy atom. The van der Waals surface area contributed by atoms with Crippen molar-refractivity contribution in [3.63, 3.8) is 0 Å². The Bertz CT molecular complexity index is 434. The Morgan fingerprint density at radius 2 is 2.25 bits per heavy atom. The first kappa shape index (κ1) is 15.6. The molecular weight excluding hydrogens is 266 g/mol. The molecule has 1 unspecified atom stereocenters. The number of rotatable bonds is 5. The molecule has 2 heterocycles. The highest BCUT2D eigenvalue weighted by molar-refractivity contribution is 7.99. The standard InChI is InChI=1S/C16H27N3S/c1-5-15-8-14(10-17-12(2)3)9-16(18-15)19-6-7-20-11-13(19)4/h8-9,12-13,17H,5-7,10-11H2,1-4H3. The molecule has 1 atom stereocenters. The molecule has 3 nitrogen and oxygen atoms in total. The molecule has 0 saturated carbocycles. The van der Waals surface area contributed by atoms with Gasteiger partial charge in [0, 0.05) is 42.4 Å². The molecule has 0 bridgehead atoms. The number of nitrogens with zero attached hydrogens (tertiary/aromatic N) is 2. The zero-order chi connectivity index (χ0) is 14.5. The van der Waals surface area contributed by atoms with E-state index in [0.29, 0.717) is 12.1 Å².